The summed E-state index contributed by atoms with van der Waals surface area (Å²) in [5.41, 5.74) is 5.67. The number of hydrogen-bond acceptors (Lipinski definition) is 4. The van der Waals surface area contributed by atoms with E-state index in [4.69, 9.17) is 5.73 Å². The van der Waals surface area contributed by atoms with Crippen LogP contribution in [0, 0.1) is 5.92 Å². The van der Waals surface area contributed by atoms with Crippen molar-refractivity contribution in [2.24, 2.45) is 11.7 Å². The van der Waals surface area contributed by atoms with Gasteiger partial charge >= 0.3 is 0 Å². The Morgan fingerprint density at radius 2 is 2.13 bits per heavy atom. The summed E-state index contributed by atoms with van der Waals surface area (Å²) in [6.07, 6.45) is 3.19. The zero-order chi connectivity index (χ0) is 10.9. The first-order chi connectivity index (χ1) is 7.11. The summed E-state index contributed by atoms with van der Waals surface area (Å²) in [4.78, 5) is 2.34. The first-order valence-electron chi connectivity index (χ1n) is 5.75. The van der Waals surface area contributed by atoms with Gasteiger partial charge in [-0.15, -0.1) is 0 Å². The van der Waals surface area contributed by atoms with Crippen molar-refractivity contribution >= 4 is 9.84 Å². The highest BCUT2D eigenvalue weighted by Gasteiger charge is 2.34. The lowest BCUT2D eigenvalue weighted by Gasteiger charge is -2.35. The Labute approximate surface area is 91.7 Å². The fraction of sp³-hybridized carbons (Fsp3) is 1.00. The Balaban J connectivity index is 1.94. The Kier molecular flexibility index (Phi) is 3.33. The molecule has 0 spiro atoms. The van der Waals surface area contributed by atoms with Gasteiger partial charge in [0.15, 0.2) is 9.84 Å². The third kappa shape index (κ3) is 2.71. The molecule has 0 unspecified atom stereocenters. The molecule has 0 bridgehead atoms. The second kappa shape index (κ2) is 4.39. The Hall–Kier alpha value is -0.130. The SMILES string of the molecule is NC[C@H]1CCCN([C@@H]2CCS(=O)(=O)C2)C1. The summed E-state index contributed by atoms with van der Waals surface area (Å²) in [5, 5.41) is 0. The lowest BCUT2D eigenvalue weighted by atomic mass is 9.97. The van der Waals surface area contributed by atoms with Crippen molar-refractivity contribution in [1.29, 1.82) is 0 Å². The number of likely N-dealkylation sites (tertiary alicyclic amines) is 1. The first kappa shape index (κ1) is 11.4. The van der Waals surface area contributed by atoms with E-state index in [1.165, 1.54) is 12.8 Å². The number of rotatable bonds is 2. The van der Waals surface area contributed by atoms with E-state index in [9.17, 15) is 8.42 Å². The van der Waals surface area contributed by atoms with E-state index in [1.807, 2.05) is 0 Å². The Morgan fingerprint density at radius 3 is 2.73 bits per heavy atom. The minimum atomic E-state index is -2.74. The predicted octanol–water partition coefficient (Wildman–Crippen LogP) is -0.156. The molecule has 0 radical (unpaired) electrons. The highest BCUT2D eigenvalue weighted by molar-refractivity contribution is 7.91. The van der Waals surface area contributed by atoms with Crippen LogP contribution >= 0.6 is 0 Å². The maximum Gasteiger partial charge on any atom is 0.151 e. The Morgan fingerprint density at radius 1 is 1.33 bits per heavy atom. The number of piperidine rings is 1. The van der Waals surface area contributed by atoms with Crippen molar-refractivity contribution < 1.29 is 8.42 Å². The zero-order valence-electron chi connectivity index (χ0n) is 9.06. The maximum absolute atomic E-state index is 11.4. The molecule has 4 nitrogen and oxygen atoms in total. The molecule has 2 aliphatic rings. The topological polar surface area (TPSA) is 63.4 Å². The van der Waals surface area contributed by atoms with Crippen LogP contribution in [0.3, 0.4) is 0 Å². The van der Waals surface area contributed by atoms with Gasteiger partial charge in [-0.2, -0.15) is 0 Å². The number of sulfone groups is 1. The van der Waals surface area contributed by atoms with Gasteiger partial charge in [0, 0.05) is 12.6 Å². The molecular formula is C10H20N2O2S. The van der Waals surface area contributed by atoms with Crippen LogP contribution in [0.2, 0.25) is 0 Å². The van der Waals surface area contributed by atoms with Gasteiger partial charge in [-0.1, -0.05) is 0 Å². The molecule has 2 aliphatic heterocycles. The van der Waals surface area contributed by atoms with Crippen molar-refractivity contribution in [3.05, 3.63) is 0 Å². The molecule has 2 fully saturated rings. The molecule has 0 saturated carbocycles. The van der Waals surface area contributed by atoms with E-state index in [2.05, 4.69) is 4.90 Å². The molecule has 15 heavy (non-hydrogen) atoms. The van der Waals surface area contributed by atoms with Crippen LogP contribution in [0.5, 0.6) is 0 Å². The molecule has 2 atom stereocenters. The summed E-state index contributed by atoms with van der Waals surface area (Å²) in [7, 11) is -2.74. The maximum atomic E-state index is 11.4. The number of nitrogens with zero attached hydrogens (tertiary/aromatic N) is 1. The molecule has 2 saturated heterocycles. The summed E-state index contributed by atoms with van der Waals surface area (Å²) >= 11 is 0. The van der Waals surface area contributed by atoms with Crippen LogP contribution in [0.4, 0.5) is 0 Å². The zero-order valence-corrected chi connectivity index (χ0v) is 9.88. The first-order valence-corrected chi connectivity index (χ1v) is 7.57. The lowest BCUT2D eigenvalue weighted by molar-refractivity contribution is 0.137. The molecule has 88 valence electrons. The van der Waals surface area contributed by atoms with Crippen LogP contribution in [0.25, 0.3) is 0 Å². The molecule has 0 amide bonds. The van der Waals surface area contributed by atoms with Crippen LogP contribution in [-0.4, -0.2) is 50.5 Å². The second-order valence-corrected chi connectivity index (χ2v) is 7.02. The van der Waals surface area contributed by atoms with Gasteiger partial charge in [0.25, 0.3) is 0 Å². The van der Waals surface area contributed by atoms with Crippen molar-refractivity contribution in [3.63, 3.8) is 0 Å². The van der Waals surface area contributed by atoms with Crippen molar-refractivity contribution in [2.75, 3.05) is 31.1 Å². The molecule has 2 N–H and O–H groups in total. The quantitative estimate of drug-likeness (QED) is 0.719. The highest BCUT2D eigenvalue weighted by atomic mass is 32.2. The number of nitrogens with two attached hydrogens (primary N) is 1. The predicted molar refractivity (Wildman–Crippen MR) is 60.4 cm³/mol. The molecule has 0 aromatic heterocycles. The molecule has 0 aliphatic carbocycles. The normalized spacial score (nSPS) is 36.9. The van der Waals surface area contributed by atoms with E-state index in [0.717, 1.165) is 26.1 Å². The average Bonchev–Trinajstić information content (AvgIpc) is 2.59. The average molecular weight is 232 g/mol. The van der Waals surface area contributed by atoms with E-state index in [0.29, 0.717) is 17.4 Å². The molecule has 5 heteroatoms. The minimum absolute atomic E-state index is 0.268. The molecule has 2 heterocycles. The summed E-state index contributed by atoms with van der Waals surface area (Å²) in [5.74, 6) is 1.31. The van der Waals surface area contributed by atoms with Crippen molar-refractivity contribution in [2.45, 2.75) is 25.3 Å². The largest absolute Gasteiger partial charge is 0.330 e. The fourth-order valence-electron chi connectivity index (χ4n) is 2.68. The summed E-state index contributed by atoms with van der Waals surface area (Å²) in [6, 6.07) is 0.268. The van der Waals surface area contributed by atoms with Crippen LogP contribution in [0.15, 0.2) is 0 Å². The van der Waals surface area contributed by atoms with Crippen molar-refractivity contribution in [1.82, 2.24) is 4.90 Å². The molecular weight excluding hydrogens is 212 g/mol. The summed E-state index contributed by atoms with van der Waals surface area (Å²) in [6.45, 7) is 2.78. The van der Waals surface area contributed by atoms with Crippen LogP contribution in [0.1, 0.15) is 19.3 Å². The van der Waals surface area contributed by atoms with Gasteiger partial charge in [-0.3, -0.25) is 4.90 Å². The summed E-state index contributed by atoms with van der Waals surface area (Å²) < 4.78 is 22.8. The van der Waals surface area contributed by atoms with Gasteiger partial charge in [0.1, 0.15) is 0 Å². The van der Waals surface area contributed by atoms with Crippen molar-refractivity contribution in [3.8, 4) is 0 Å². The van der Waals surface area contributed by atoms with E-state index in [-0.39, 0.29) is 6.04 Å². The third-order valence-electron chi connectivity index (χ3n) is 3.61. The lowest BCUT2D eigenvalue weighted by Crippen LogP contribution is -2.44. The van der Waals surface area contributed by atoms with Gasteiger partial charge < -0.3 is 5.73 Å². The third-order valence-corrected chi connectivity index (χ3v) is 5.36. The van der Waals surface area contributed by atoms with E-state index >= 15 is 0 Å². The van der Waals surface area contributed by atoms with E-state index < -0.39 is 9.84 Å². The number of hydrogen-bond donors (Lipinski definition) is 1. The molecule has 0 aromatic carbocycles. The monoisotopic (exact) mass is 232 g/mol. The second-order valence-electron chi connectivity index (χ2n) is 4.80. The van der Waals surface area contributed by atoms with Crippen LogP contribution < -0.4 is 5.73 Å². The van der Waals surface area contributed by atoms with Gasteiger partial charge in [0.05, 0.1) is 11.5 Å². The Bertz CT molecular complexity index is 315. The molecule has 2 rings (SSSR count). The highest BCUT2D eigenvalue weighted by Crippen LogP contribution is 2.23. The van der Waals surface area contributed by atoms with Crippen LogP contribution in [-0.2, 0) is 9.84 Å². The van der Waals surface area contributed by atoms with E-state index in [1.54, 1.807) is 0 Å². The van der Waals surface area contributed by atoms with Gasteiger partial charge in [0.2, 0.25) is 0 Å². The standard InChI is InChI=1S/C10H20N2O2S/c11-6-9-2-1-4-12(7-9)10-3-5-15(13,14)8-10/h9-10H,1-8,11H2/t9-,10-/m1/s1. The fourth-order valence-corrected chi connectivity index (χ4v) is 4.45. The smallest absolute Gasteiger partial charge is 0.151 e. The van der Waals surface area contributed by atoms with Gasteiger partial charge in [-0.05, 0) is 38.3 Å². The minimum Gasteiger partial charge on any atom is -0.330 e. The van der Waals surface area contributed by atoms with Gasteiger partial charge in [-0.25, -0.2) is 8.42 Å². The molecule has 0 aromatic rings.